The molecule has 2 amide bonds. The van der Waals surface area contributed by atoms with E-state index in [4.69, 9.17) is 21.4 Å². The third kappa shape index (κ3) is 6.56. The van der Waals surface area contributed by atoms with Gasteiger partial charge >= 0.3 is 17.8 Å². The van der Waals surface area contributed by atoms with Crippen LogP contribution in [0.3, 0.4) is 0 Å². The quantitative estimate of drug-likeness (QED) is 0.516. The second-order valence-corrected chi connectivity index (χ2v) is 9.06. The summed E-state index contributed by atoms with van der Waals surface area (Å²) in [5, 5.41) is 22.3. The number of hydrogen-bond donors (Lipinski definition) is 3. The highest BCUT2D eigenvalue weighted by Crippen LogP contribution is 2.23. The fourth-order valence-corrected chi connectivity index (χ4v) is 4.31. The van der Waals surface area contributed by atoms with Crippen molar-refractivity contribution in [3.05, 3.63) is 59.1 Å². The maximum Gasteiger partial charge on any atom is 0.332 e. The van der Waals surface area contributed by atoms with Gasteiger partial charge in [-0.3, -0.25) is 9.59 Å². The van der Waals surface area contributed by atoms with E-state index in [2.05, 4.69) is 5.32 Å². The Bertz CT molecular complexity index is 1020. The Balaban J connectivity index is 1.73. The second-order valence-electron chi connectivity index (χ2n) is 8.62. The molecular weight excluding hydrogens is 460 g/mol. The van der Waals surface area contributed by atoms with Crippen LogP contribution in [0.1, 0.15) is 25.8 Å². The fraction of sp³-hybridized carbons (Fsp3) is 0.400. The summed E-state index contributed by atoms with van der Waals surface area (Å²) in [6.45, 7) is 4.27. The predicted octanol–water partition coefficient (Wildman–Crippen LogP) is 2.51. The molecule has 0 aromatic heterocycles. The number of amides is 2. The molecule has 34 heavy (non-hydrogen) atoms. The fourth-order valence-electron chi connectivity index (χ4n) is 4.12. The summed E-state index contributed by atoms with van der Waals surface area (Å²) in [5.74, 6) is -2.93. The second kappa shape index (κ2) is 11.5. The van der Waals surface area contributed by atoms with Crippen molar-refractivity contribution in [1.29, 1.82) is 0 Å². The molecule has 0 aliphatic carbocycles. The number of nitrogens with zero attached hydrogens (tertiary/aromatic N) is 1. The number of aliphatic carboxylic acids is 1. The van der Waals surface area contributed by atoms with Crippen molar-refractivity contribution in [3.63, 3.8) is 0 Å². The van der Waals surface area contributed by atoms with Crippen molar-refractivity contribution >= 4 is 29.4 Å². The molecule has 9 heteroatoms. The van der Waals surface area contributed by atoms with E-state index in [1.165, 1.54) is 4.90 Å². The average molecular weight is 489 g/mol. The summed E-state index contributed by atoms with van der Waals surface area (Å²) in [6.07, 6.45) is -1.67. The summed E-state index contributed by atoms with van der Waals surface area (Å²) in [7, 11) is 0. The molecule has 1 heterocycles. The van der Waals surface area contributed by atoms with Gasteiger partial charge in [0.25, 0.3) is 0 Å². The number of benzene rings is 2. The van der Waals surface area contributed by atoms with Crippen LogP contribution in [0.2, 0.25) is 5.02 Å². The highest BCUT2D eigenvalue weighted by Gasteiger charge is 2.34. The van der Waals surface area contributed by atoms with Crippen LogP contribution in [0, 0.1) is 0 Å². The maximum absolute atomic E-state index is 12.8. The molecule has 182 valence electrons. The van der Waals surface area contributed by atoms with Crippen molar-refractivity contribution < 1.29 is 29.3 Å². The summed E-state index contributed by atoms with van der Waals surface area (Å²) >= 11 is 6.07. The minimum atomic E-state index is -1.67. The molecular formula is C25H29ClN2O6. The number of carboxylic acids is 1. The van der Waals surface area contributed by atoms with E-state index < -0.39 is 29.9 Å². The Morgan fingerprint density at radius 1 is 1.09 bits per heavy atom. The predicted molar refractivity (Wildman–Crippen MR) is 127 cm³/mol. The Morgan fingerprint density at radius 3 is 2.32 bits per heavy atom. The lowest BCUT2D eigenvalue weighted by atomic mass is 9.97. The van der Waals surface area contributed by atoms with Crippen molar-refractivity contribution in [2.75, 3.05) is 13.2 Å². The number of ether oxygens (including phenoxy) is 1. The first-order chi connectivity index (χ1) is 16.2. The molecule has 4 atom stereocenters. The zero-order valence-corrected chi connectivity index (χ0v) is 19.9. The van der Waals surface area contributed by atoms with Gasteiger partial charge < -0.3 is 25.2 Å². The number of aliphatic hydroxyl groups excluding tert-OH is 1. The molecule has 1 saturated heterocycles. The first kappa shape index (κ1) is 25.7. The SMILES string of the molecule is C[C@@H]1COC[C@H](C)N1C(=O)C(=O)N[C@H](Cc1ccc(-c2cccc(Cl)c2)cc1)C[C@@H](O)C(=O)O. The van der Waals surface area contributed by atoms with Gasteiger partial charge in [0, 0.05) is 17.5 Å². The number of carbonyl (C=O) groups is 3. The number of morpholine rings is 1. The van der Waals surface area contributed by atoms with Gasteiger partial charge in [0.15, 0.2) is 6.10 Å². The largest absolute Gasteiger partial charge is 0.479 e. The van der Waals surface area contributed by atoms with Crippen molar-refractivity contribution in [3.8, 4) is 11.1 Å². The van der Waals surface area contributed by atoms with Gasteiger partial charge in [0.1, 0.15) is 0 Å². The lowest BCUT2D eigenvalue weighted by Gasteiger charge is -2.38. The van der Waals surface area contributed by atoms with Gasteiger partial charge in [0.2, 0.25) is 0 Å². The molecule has 1 aliphatic heterocycles. The zero-order chi connectivity index (χ0) is 24.8. The van der Waals surface area contributed by atoms with Crippen LogP contribution in [-0.4, -0.2) is 70.3 Å². The van der Waals surface area contributed by atoms with Crippen molar-refractivity contribution in [2.45, 2.75) is 50.9 Å². The van der Waals surface area contributed by atoms with Crippen molar-refractivity contribution in [1.82, 2.24) is 10.2 Å². The van der Waals surface area contributed by atoms with Crippen LogP contribution in [0.25, 0.3) is 11.1 Å². The van der Waals surface area contributed by atoms with Crippen molar-refractivity contribution in [2.24, 2.45) is 0 Å². The standard InChI is InChI=1S/C25H29ClN2O6/c1-15-13-34-14-16(2)28(15)24(31)23(30)27-21(12-22(29)25(32)33)10-17-6-8-18(9-7-17)19-4-3-5-20(26)11-19/h3-9,11,15-16,21-22,29H,10,12-14H2,1-2H3,(H,27,30)(H,32,33)/t15-,16+,21-,22-/m1/s1. The van der Waals surface area contributed by atoms with Gasteiger partial charge in [0.05, 0.1) is 25.3 Å². The number of aliphatic hydroxyl groups is 1. The maximum atomic E-state index is 12.8. The minimum Gasteiger partial charge on any atom is -0.479 e. The van der Waals surface area contributed by atoms with E-state index in [0.717, 1.165) is 16.7 Å². The van der Waals surface area contributed by atoms with Crippen LogP contribution < -0.4 is 5.32 Å². The normalized spacial score (nSPS) is 19.8. The lowest BCUT2D eigenvalue weighted by molar-refractivity contribution is -0.155. The summed E-state index contributed by atoms with van der Waals surface area (Å²) < 4.78 is 5.41. The molecule has 0 radical (unpaired) electrons. The third-order valence-corrected chi connectivity index (χ3v) is 6.05. The summed E-state index contributed by atoms with van der Waals surface area (Å²) in [6, 6.07) is 13.7. The third-order valence-electron chi connectivity index (χ3n) is 5.82. The Labute approximate surface area is 203 Å². The molecule has 0 spiro atoms. The molecule has 2 aromatic carbocycles. The molecule has 8 nitrogen and oxygen atoms in total. The Kier molecular flexibility index (Phi) is 8.66. The number of carboxylic acid groups (broad SMARTS) is 1. The highest BCUT2D eigenvalue weighted by molar-refractivity contribution is 6.35. The van der Waals surface area contributed by atoms with Gasteiger partial charge in [-0.05, 0) is 49.1 Å². The molecule has 0 bridgehead atoms. The van der Waals surface area contributed by atoms with Crippen LogP contribution in [0.5, 0.6) is 0 Å². The first-order valence-electron chi connectivity index (χ1n) is 11.1. The van der Waals surface area contributed by atoms with Gasteiger partial charge in [-0.25, -0.2) is 4.79 Å². The number of rotatable bonds is 7. The summed E-state index contributed by atoms with van der Waals surface area (Å²) in [5.41, 5.74) is 2.71. The van der Waals surface area contributed by atoms with Gasteiger partial charge in [-0.2, -0.15) is 0 Å². The smallest absolute Gasteiger partial charge is 0.332 e. The van der Waals surface area contributed by atoms with E-state index in [9.17, 15) is 19.5 Å². The van der Waals surface area contributed by atoms with E-state index in [1.54, 1.807) is 19.9 Å². The van der Waals surface area contributed by atoms with Crippen LogP contribution in [-0.2, 0) is 25.5 Å². The van der Waals surface area contributed by atoms with E-state index >= 15 is 0 Å². The zero-order valence-electron chi connectivity index (χ0n) is 19.1. The molecule has 3 N–H and O–H groups in total. The van der Waals surface area contributed by atoms with Crippen LogP contribution in [0.4, 0.5) is 0 Å². The Morgan fingerprint density at radius 2 is 1.74 bits per heavy atom. The Hall–Kier alpha value is -2.94. The monoisotopic (exact) mass is 488 g/mol. The summed E-state index contributed by atoms with van der Waals surface area (Å²) in [4.78, 5) is 38.3. The minimum absolute atomic E-state index is 0.237. The van der Waals surface area contributed by atoms with Crippen LogP contribution >= 0.6 is 11.6 Å². The molecule has 1 aliphatic rings. The van der Waals surface area contributed by atoms with Gasteiger partial charge in [-0.1, -0.05) is 48.0 Å². The highest BCUT2D eigenvalue weighted by atomic mass is 35.5. The van der Waals surface area contributed by atoms with E-state index in [1.807, 2.05) is 42.5 Å². The van der Waals surface area contributed by atoms with E-state index in [0.29, 0.717) is 18.2 Å². The molecule has 2 aromatic rings. The topological polar surface area (TPSA) is 116 Å². The first-order valence-corrected chi connectivity index (χ1v) is 11.5. The molecule has 0 saturated carbocycles. The van der Waals surface area contributed by atoms with Gasteiger partial charge in [-0.15, -0.1) is 0 Å². The molecule has 3 rings (SSSR count). The lowest BCUT2D eigenvalue weighted by Crippen LogP contribution is -2.57. The van der Waals surface area contributed by atoms with Crippen LogP contribution in [0.15, 0.2) is 48.5 Å². The molecule has 1 fully saturated rings. The number of nitrogens with one attached hydrogen (secondary N) is 1. The number of hydrogen-bond acceptors (Lipinski definition) is 5. The number of carbonyl (C=O) groups excluding carboxylic acids is 2. The average Bonchev–Trinajstić information content (AvgIpc) is 2.79. The van der Waals surface area contributed by atoms with E-state index in [-0.39, 0.29) is 24.9 Å². The molecule has 0 unspecified atom stereocenters. The number of halogens is 1.